The van der Waals surface area contributed by atoms with E-state index in [0.29, 0.717) is 5.92 Å². The Morgan fingerprint density at radius 2 is 2.27 bits per heavy atom. The highest BCUT2D eigenvalue weighted by molar-refractivity contribution is 5.75. The van der Waals surface area contributed by atoms with E-state index in [1.165, 1.54) is 6.42 Å². The highest BCUT2D eigenvalue weighted by atomic mass is 16.4. The first-order chi connectivity index (χ1) is 7.09. The van der Waals surface area contributed by atoms with Crippen molar-refractivity contribution in [3.05, 3.63) is 0 Å². The van der Waals surface area contributed by atoms with E-state index in [1.54, 1.807) is 4.90 Å². The van der Waals surface area contributed by atoms with Crippen molar-refractivity contribution in [2.75, 3.05) is 19.6 Å². The minimum absolute atomic E-state index is 0.0187. The molecule has 0 saturated carbocycles. The van der Waals surface area contributed by atoms with Gasteiger partial charge in [0.15, 0.2) is 0 Å². The molecule has 1 atom stereocenters. The summed E-state index contributed by atoms with van der Waals surface area (Å²) >= 11 is 0. The molecule has 1 rings (SSSR count). The van der Waals surface area contributed by atoms with Gasteiger partial charge in [-0.3, -0.25) is 4.79 Å². The second kappa shape index (κ2) is 5.58. The first-order valence-electron chi connectivity index (χ1n) is 5.34. The minimum atomic E-state index is -0.887. The number of nitrogens with zero attached hydrogens (tertiary/aromatic N) is 1. The lowest BCUT2D eigenvalue weighted by molar-refractivity contribution is -0.136. The van der Waals surface area contributed by atoms with Crippen LogP contribution in [-0.4, -0.2) is 41.6 Å². The highest BCUT2D eigenvalue weighted by Gasteiger charge is 2.20. The summed E-state index contributed by atoms with van der Waals surface area (Å²) in [5.74, 6) is -0.341. The van der Waals surface area contributed by atoms with Gasteiger partial charge in [0, 0.05) is 19.6 Å². The van der Waals surface area contributed by atoms with Crippen molar-refractivity contribution < 1.29 is 14.7 Å². The molecule has 1 heterocycles. The van der Waals surface area contributed by atoms with Gasteiger partial charge in [0.25, 0.3) is 0 Å². The molecule has 0 bridgehead atoms. The van der Waals surface area contributed by atoms with Crippen LogP contribution in [0.5, 0.6) is 0 Å². The van der Waals surface area contributed by atoms with Crippen molar-refractivity contribution in [1.29, 1.82) is 0 Å². The molecular weight excluding hydrogens is 196 g/mol. The second-order valence-electron chi connectivity index (χ2n) is 4.07. The van der Waals surface area contributed by atoms with Crippen LogP contribution in [0.3, 0.4) is 0 Å². The molecule has 5 heteroatoms. The van der Waals surface area contributed by atoms with Gasteiger partial charge in [-0.1, -0.05) is 6.92 Å². The summed E-state index contributed by atoms with van der Waals surface area (Å²) < 4.78 is 0. The zero-order valence-corrected chi connectivity index (χ0v) is 9.03. The number of amides is 2. The van der Waals surface area contributed by atoms with Gasteiger partial charge in [-0.15, -0.1) is 0 Å². The van der Waals surface area contributed by atoms with Crippen molar-refractivity contribution in [1.82, 2.24) is 10.2 Å². The first kappa shape index (κ1) is 11.8. The molecule has 2 N–H and O–H groups in total. The fourth-order valence-corrected chi connectivity index (χ4v) is 1.76. The molecule has 1 saturated heterocycles. The minimum Gasteiger partial charge on any atom is -0.481 e. The smallest absolute Gasteiger partial charge is 0.317 e. The maximum absolute atomic E-state index is 11.5. The van der Waals surface area contributed by atoms with Crippen LogP contribution in [0.1, 0.15) is 26.2 Å². The van der Waals surface area contributed by atoms with E-state index in [4.69, 9.17) is 5.11 Å². The van der Waals surface area contributed by atoms with Crippen LogP contribution in [-0.2, 0) is 4.79 Å². The van der Waals surface area contributed by atoms with E-state index in [2.05, 4.69) is 12.2 Å². The van der Waals surface area contributed by atoms with Gasteiger partial charge < -0.3 is 15.3 Å². The lowest BCUT2D eigenvalue weighted by Gasteiger charge is -2.30. The molecule has 1 aliphatic heterocycles. The Morgan fingerprint density at radius 3 is 2.87 bits per heavy atom. The van der Waals surface area contributed by atoms with Crippen LogP contribution in [0.25, 0.3) is 0 Å². The molecule has 1 fully saturated rings. The summed E-state index contributed by atoms with van der Waals surface area (Å²) in [7, 11) is 0. The third-order valence-corrected chi connectivity index (χ3v) is 2.56. The van der Waals surface area contributed by atoms with E-state index in [1.807, 2.05) is 0 Å². The summed E-state index contributed by atoms with van der Waals surface area (Å²) in [6.07, 6.45) is 2.18. The number of aliphatic carboxylic acids is 1. The molecule has 0 radical (unpaired) electrons. The Morgan fingerprint density at radius 1 is 1.53 bits per heavy atom. The van der Waals surface area contributed by atoms with E-state index in [0.717, 1.165) is 19.5 Å². The number of carbonyl (C=O) groups is 2. The molecule has 2 amide bonds. The van der Waals surface area contributed by atoms with Crippen molar-refractivity contribution in [2.45, 2.75) is 26.2 Å². The fourth-order valence-electron chi connectivity index (χ4n) is 1.76. The predicted molar refractivity (Wildman–Crippen MR) is 55.6 cm³/mol. The van der Waals surface area contributed by atoms with Gasteiger partial charge in [0.2, 0.25) is 0 Å². The topological polar surface area (TPSA) is 69.6 Å². The molecule has 0 spiro atoms. The maximum Gasteiger partial charge on any atom is 0.317 e. The number of piperidine rings is 1. The van der Waals surface area contributed by atoms with Gasteiger partial charge in [0.1, 0.15) is 0 Å². The predicted octanol–water partition coefficient (Wildman–Crippen LogP) is 0.903. The van der Waals surface area contributed by atoms with Gasteiger partial charge >= 0.3 is 12.0 Å². The molecule has 0 aliphatic carbocycles. The summed E-state index contributed by atoms with van der Waals surface area (Å²) in [5, 5.41) is 11.0. The summed E-state index contributed by atoms with van der Waals surface area (Å²) in [6.45, 7) is 3.89. The van der Waals surface area contributed by atoms with Crippen LogP contribution >= 0.6 is 0 Å². The summed E-state index contributed by atoms with van der Waals surface area (Å²) in [4.78, 5) is 23.6. The number of hydrogen-bond donors (Lipinski definition) is 2. The van der Waals surface area contributed by atoms with Crippen LogP contribution in [0.15, 0.2) is 0 Å². The van der Waals surface area contributed by atoms with Crippen LogP contribution < -0.4 is 5.32 Å². The van der Waals surface area contributed by atoms with Crippen molar-refractivity contribution in [3.8, 4) is 0 Å². The maximum atomic E-state index is 11.5. The van der Waals surface area contributed by atoms with Crippen molar-refractivity contribution >= 4 is 12.0 Å². The van der Waals surface area contributed by atoms with Crippen LogP contribution in [0.2, 0.25) is 0 Å². The third kappa shape index (κ3) is 4.18. The number of urea groups is 1. The van der Waals surface area contributed by atoms with Gasteiger partial charge in [-0.05, 0) is 18.8 Å². The molecule has 15 heavy (non-hydrogen) atoms. The largest absolute Gasteiger partial charge is 0.481 e. The van der Waals surface area contributed by atoms with E-state index in [9.17, 15) is 9.59 Å². The van der Waals surface area contributed by atoms with E-state index >= 15 is 0 Å². The van der Waals surface area contributed by atoms with E-state index in [-0.39, 0.29) is 19.0 Å². The number of hydrogen-bond acceptors (Lipinski definition) is 2. The molecule has 1 aliphatic rings. The number of carboxylic acid groups (broad SMARTS) is 1. The van der Waals surface area contributed by atoms with Crippen LogP contribution in [0, 0.1) is 5.92 Å². The second-order valence-corrected chi connectivity index (χ2v) is 4.07. The Labute approximate surface area is 89.4 Å². The van der Waals surface area contributed by atoms with Gasteiger partial charge in [-0.25, -0.2) is 4.79 Å². The standard InChI is InChI=1S/C10H18N2O3/c1-8-3-2-6-12(7-8)10(15)11-5-4-9(13)14/h8H,2-7H2,1H3,(H,11,15)(H,13,14). The van der Waals surface area contributed by atoms with E-state index < -0.39 is 5.97 Å². The van der Waals surface area contributed by atoms with Crippen molar-refractivity contribution in [3.63, 3.8) is 0 Å². The molecule has 0 aromatic carbocycles. The third-order valence-electron chi connectivity index (χ3n) is 2.56. The van der Waals surface area contributed by atoms with Gasteiger partial charge in [-0.2, -0.15) is 0 Å². The lowest BCUT2D eigenvalue weighted by atomic mass is 10.0. The number of nitrogens with one attached hydrogen (secondary N) is 1. The highest BCUT2D eigenvalue weighted by Crippen LogP contribution is 2.14. The fraction of sp³-hybridized carbons (Fsp3) is 0.800. The zero-order valence-electron chi connectivity index (χ0n) is 9.03. The normalized spacial score (nSPS) is 21.1. The SMILES string of the molecule is CC1CCCN(C(=O)NCCC(=O)O)C1. The average molecular weight is 214 g/mol. The monoisotopic (exact) mass is 214 g/mol. The Kier molecular flexibility index (Phi) is 4.39. The zero-order chi connectivity index (χ0) is 11.3. The number of likely N-dealkylation sites (tertiary alicyclic amines) is 1. The number of carbonyl (C=O) groups excluding carboxylic acids is 1. The molecule has 5 nitrogen and oxygen atoms in total. The molecule has 86 valence electrons. The average Bonchev–Trinajstić information content (AvgIpc) is 2.17. The Bertz CT molecular complexity index is 243. The Hall–Kier alpha value is -1.26. The number of carboxylic acids is 1. The Balaban J connectivity index is 2.24. The lowest BCUT2D eigenvalue weighted by Crippen LogP contribution is -2.45. The number of rotatable bonds is 3. The first-order valence-corrected chi connectivity index (χ1v) is 5.34. The molecule has 0 aromatic heterocycles. The van der Waals surface area contributed by atoms with Gasteiger partial charge in [0.05, 0.1) is 6.42 Å². The van der Waals surface area contributed by atoms with Crippen molar-refractivity contribution in [2.24, 2.45) is 5.92 Å². The molecular formula is C10H18N2O3. The molecule has 0 aromatic rings. The van der Waals surface area contributed by atoms with Crippen LogP contribution in [0.4, 0.5) is 4.79 Å². The quantitative estimate of drug-likeness (QED) is 0.733. The summed E-state index contributed by atoms with van der Waals surface area (Å²) in [6, 6.07) is -0.136. The summed E-state index contributed by atoms with van der Waals surface area (Å²) in [5.41, 5.74) is 0. The molecule has 1 unspecified atom stereocenters.